The van der Waals surface area contributed by atoms with Crippen LogP contribution in [0.15, 0.2) is 0 Å². The quantitative estimate of drug-likeness (QED) is 0.805. The minimum Gasteiger partial charge on any atom is -0.504 e. The summed E-state index contributed by atoms with van der Waals surface area (Å²) in [6.45, 7) is 2.98. The molecule has 3 nitrogen and oxygen atoms in total. The second-order valence-electron chi connectivity index (χ2n) is 3.40. The lowest BCUT2D eigenvalue weighted by molar-refractivity contribution is 0.295. The summed E-state index contributed by atoms with van der Waals surface area (Å²) in [4.78, 5) is 0. The zero-order chi connectivity index (χ0) is 11.6. The van der Waals surface area contributed by atoms with Gasteiger partial charge in [-0.2, -0.15) is 0 Å². The van der Waals surface area contributed by atoms with Gasteiger partial charge in [-0.3, -0.25) is 0 Å². The Morgan fingerprint density at radius 3 is 2.33 bits per heavy atom. The molecule has 0 spiro atoms. The van der Waals surface area contributed by atoms with Crippen molar-refractivity contribution < 1.29 is 19.3 Å². The first-order chi connectivity index (χ1) is 7.04. The minimum atomic E-state index is -0.395. The van der Waals surface area contributed by atoms with E-state index < -0.39 is 5.82 Å². The molecule has 0 saturated carbocycles. The van der Waals surface area contributed by atoms with Gasteiger partial charge in [0.1, 0.15) is 5.82 Å². The van der Waals surface area contributed by atoms with E-state index in [1.165, 1.54) is 7.11 Å². The monoisotopic (exact) mass is 214 g/mol. The normalized spacial score (nSPS) is 10.5. The van der Waals surface area contributed by atoms with E-state index in [0.29, 0.717) is 11.1 Å². The number of methoxy groups -OCH3 is 1. The number of aliphatic hydroxyl groups is 1. The number of halogens is 1. The maximum atomic E-state index is 13.7. The number of phenols is 1. The SMILES string of the molecule is COc1c(C)c(F)c(C)c(CCO)c1O. The number of hydrogen-bond donors (Lipinski definition) is 2. The van der Waals surface area contributed by atoms with Gasteiger partial charge in [0, 0.05) is 17.7 Å². The number of rotatable bonds is 3. The van der Waals surface area contributed by atoms with Crippen LogP contribution >= 0.6 is 0 Å². The van der Waals surface area contributed by atoms with Gasteiger partial charge >= 0.3 is 0 Å². The molecule has 0 atom stereocenters. The first kappa shape index (κ1) is 11.8. The molecule has 1 aromatic rings. The molecule has 2 N–H and O–H groups in total. The summed E-state index contributed by atoms with van der Waals surface area (Å²) in [6.07, 6.45) is 0.214. The highest BCUT2D eigenvalue weighted by molar-refractivity contribution is 5.55. The molecule has 4 heteroatoms. The summed E-state index contributed by atoms with van der Waals surface area (Å²) in [5.41, 5.74) is 1.05. The number of hydrogen-bond acceptors (Lipinski definition) is 3. The van der Waals surface area contributed by atoms with Crippen molar-refractivity contribution in [2.75, 3.05) is 13.7 Å². The first-order valence-electron chi connectivity index (χ1n) is 4.69. The summed E-state index contributed by atoms with van der Waals surface area (Å²) in [5.74, 6) is -0.336. The molecular formula is C11H15FO3. The van der Waals surface area contributed by atoms with Gasteiger partial charge in [0.15, 0.2) is 11.5 Å². The predicted octanol–water partition coefficient (Wildman–Crippen LogP) is 1.69. The van der Waals surface area contributed by atoms with Crippen LogP contribution in [0.3, 0.4) is 0 Å². The van der Waals surface area contributed by atoms with E-state index in [2.05, 4.69) is 0 Å². The van der Waals surface area contributed by atoms with Crippen LogP contribution in [0.2, 0.25) is 0 Å². The molecule has 1 rings (SSSR count). The Bertz CT molecular complexity index is 375. The number of phenolic OH excluding ortho intramolecular Hbond substituents is 1. The number of benzene rings is 1. The topological polar surface area (TPSA) is 49.7 Å². The lowest BCUT2D eigenvalue weighted by Crippen LogP contribution is -2.02. The Labute approximate surface area is 88.1 Å². The van der Waals surface area contributed by atoms with Gasteiger partial charge < -0.3 is 14.9 Å². The summed E-state index contributed by atoms with van der Waals surface area (Å²) < 4.78 is 18.6. The van der Waals surface area contributed by atoms with Gasteiger partial charge in [-0.25, -0.2) is 4.39 Å². The molecule has 0 aliphatic carbocycles. The molecule has 0 aromatic heterocycles. The molecule has 0 fully saturated rings. The fourth-order valence-corrected chi connectivity index (χ4v) is 1.67. The fraction of sp³-hybridized carbons (Fsp3) is 0.455. The molecule has 0 aliphatic heterocycles. The second kappa shape index (κ2) is 4.49. The third-order valence-electron chi connectivity index (χ3n) is 2.52. The summed E-state index contributed by atoms with van der Waals surface area (Å²) in [7, 11) is 1.37. The molecule has 0 aliphatic rings. The highest BCUT2D eigenvalue weighted by Crippen LogP contribution is 2.37. The maximum Gasteiger partial charge on any atom is 0.166 e. The Kier molecular flexibility index (Phi) is 3.52. The molecule has 0 unspecified atom stereocenters. The van der Waals surface area contributed by atoms with Gasteiger partial charge in [-0.15, -0.1) is 0 Å². The molecule has 0 bridgehead atoms. The fourth-order valence-electron chi connectivity index (χ4n) is 1.67. The minimum absolute atomic E-state index is 0.0806. The van der Waals surface area contributed by atoms with Crippen LogP contribution in [0.1, 0.15) is 16.7 Å². The zero-order valence-corrected chi connectivity index (χ0v) is 9.09. The Morgan fingerprint density at radius 1 is 1.27 bits per heavy atom. The highest BCUT2D eigenvalue weighted by Gasteiger charge is 2.19. The van der Waals surface area contributed by atoms with E-state index in [0.717, 1.165) is 0 Å². The van der Waals surface area contributed by atoms with Crippen LogP contribution in [0.4, 0.5) is 4.39 Å². The predicted molar refractivity (Wildman–Crippen MR) is 54.9 cm³/mol. The van der Waals surface area contributed by atoms with E-state index in [1.807, 2.05) is 0 Å². The molecule has 15 heavy (non-hydrogen) atoms. The maximum absolute atomic E-state index is 13.7. The lowest BCUT2D eigenvalue weighted by atomic mass is 10.00. The van der Waals surface area contributed by atoms with E-state index in [4.69, 9.17) is 9.84 Å². The molecule has 1 aromatic carbocycles. The average molecular weight is 214 g/mol. The number of ether oxygens (including phenoxy) is 1. The van der Waals surface area contributed by atoms with Crippen molar-refractivity contribution in [3.8, 4) is 11.5 Å². The van der Waals surface area contributed by atoms with Gasteiger partial charge in [0.05, 0.1) is 7.11 Å². The Balaban J connectivity index is 3.45. The molecule has 0 saturated heterocycles. The van der Waals surface area contributed by atoms with E-state index in [1.54, 1.807) is 13.8 Å². The average Bonchev–Trinajstić information content (AvgIpc) is 2.22. The van der Waals surface area contributed by atoms with Crippen molar-refractivity contribution in [3.05, 3.63) is 22.5 Å². The highest BCUT2D eigenvalue weighted by atomic mass is 19.1. The first-order valence-corrected chi connectivity index (χ1v) is 4.69. The van der Waals surface area contributed by atoms with Crippen molar-refractivity contribution >= 4 is 0 Å². The molecule has 0 amide bonds. The van der Waals surface area contributed by atoms with E-state index in [9.17, 15) is 9.50 Å². The summed E-state index contributed by atoms with van der Waals surface area (Å²) in [6, 6.07) is 0. The van der Waals surface area contributed by atoms with Crippen LogP contribution in [0.25, 0.3) is 0 Å². The van der Waals surface area contributed by atoms with Crippen LogP contribution in [0, 0.1) is 19.7 Å². The van der Waals surface area contributed by atoms with Gasteiger partial charge in [-0.05, 0) is 25.8 Å². The van der Waals surface area contributed by atoms with Crippen LogP contribution < -0.4 is 4.74 Å². The molecule has 0 radical (unpaired) electrons. The van der Waals surface area contributed by atoms with Crippen molar-refractivity contribution in [1.29, 1.82) is 0 Å². The Morgan fingerprint density at radius 2 is 1.87 bits per heavy atom. The lowest BCUT2D eigenvalue weighted by Gasteiger charge is -2.15. The largest absolute Gasteiger partial charge is 0.504 e. The van der Waals surface area contributed by atoms with Crippen molar-refractivity contribution in [1.82, 2.24) is 0 Å². The molecule has 0 heterocycles. The van der Waals surface area contributed by atoms with Crippen molar-refractivity contribution in [2.24, 2.45) is 0 Å². The second-order valence-corrected chi connectivity index (χ2v) is 3.40. The standard InChI is InChI=1S/C11H15FO3/c1-6-8(4-5-13)10(14)11(15-3)7(2)9(6)12/h13-14H,4-5H2,1-3H3. The Hall–Kier alpha value is -1.29. The number of aliphatic hydroxyl groups excluding tert-OH is 1. The molecular weight excluding hydrogens is 199 g/mol. The van der Waals surface area contributed by atoms with Crippen molar-refractivity contribution in [3.63, 3.8) is 0 Å². The summed E-state index contributed by atoms with van der Waals surface area (Å²) in [5, 5.41) is 18.6. The van der Waals surface area contributed by atoms with Gasteiger partial charge in [0.2, 0.25) is 0 Å². The van der Waals surface area contributed by atoms with Crippen LogP contribution in [-0.4, -0.2) is 23.9 Å². The molecule has 84 valence electrons. The van der Waals surface area contributed by atoms with E-state index in [-0.39, 0.29) is 30.1 Å². The third kappa shape index (κ3) is 1.90. The smallest absolute Gasteiger partial charge is 0.166 e. The van der Waals surface area contributed by atoms with E-state index >= 15 is 0 Å². The summed E-state index contributed by atoms with van der Waals surface area (Å²) >= 11 is 0. The third-order valence-corrected chi connectivity index (χ3v) is 2.52. The van der Waals surface area contributed by atoms with Crippen LogP contribution in [0.5, 0.6) is 11.5 Å². The van der Waals surface area contributed by atoms with Gasteiger partial charge in [0.25, 0.3) is 0 Å². The van der Waals surface area contributed by atoms with Crippen molar-refractivity contribution in [2.45, 2.75) is 20.3 Å². The number of aromatic hydroxyl groups is 1. The van der Waals surface area contributed by atoms with Gasteiger partial charge in [-0.1, -0.05) is 0 Å². The van der Waals surface area contributed by atoms with Crippen LogP contribution in [-0.2, 0) is 6.42 Å². The zero-order valence-electron chi connectivity index (χ0n) is 9.09.